The van der Waals surface area contributed by atoms with E-state index in [-0.39, 0.29) is 0 Å². The number of hydrogen-bond donors (Lipinski definition) is 2. The number of hydrogen-bond acceptors (Lipinski definition) is 3. The van der Waals surface area contributed by atoms with E-state index in [9.17, 15) is 14.7 Å². The third kappa shape index (κ3) is 8.50. The fraction of sp³-hybridized carbons (Fsp3) is 0.579. The van der Waals surface area contributed by atoms with E-state index >= 15 is 0 Å². The predicted octanol–water partition coefficient (Wildman–Crippen LogP) is 3.89. The van der Waals surface area contributed by atoms with Gasteiger partial charge in [-0.1, -0.05) is 51.0 Å². The minimum absolute atomic E-state index is 0.502. The Morgan fingerprint density at radius 1 is 1.22 bits per heavy atom. The Hall–Kier alpha value is -1.68. The van der Waals surface area contributed by atoms with Crippen LogP contribution in [-0.4, -0.2) is 29.4 Å². The molecule has 1 unspecified atom stereocenters. The van der Waals surface area contributed by atoms with Crippen molar-refractivity contribution in [3.8, 4) is 0 Å². The van der Waals surface area contributed by atoms with Crippen LogP contribution in [0.4, 0.5) is 0 Å². The zero-order valence-corrected chi connectivity index (χ0v) is 14.8. The first-order valence-electron chi connectivity index (χ1n) is 8.37. The third-order valence-corrected chi connectivity index (χ3v) is 3.66. The molecule has 23 heavy (non-hydrogen) atoms. The number of carboxylic acids is 1. The average molecular weight is 321 g/mol. The lowest BCUT2D eigenvalue weighted by molar-refractivity contribution is -0.142. The maximum atomic E-state index is 11.8. The van der Waals surface area contributed by atoms with Crippen LogP contribution >= 0.6 is 0 Å². The molecule has 0 aromatic heterocycles. The molecule has 130 valence electrons. The van der Waals surface area contributed by atoms with Gasteiger partial charge in [-0.3, -0.25) is 9.59 Å². The smallest absolute Gasteiger partial charge is 0.312 e. The molecule has 4 heteroatoms. The van der Waals surface area contributed by atoms with Crippen molar-refractivity contribution in [2.45, 2.75) is 58.9 Å². The number of carbonyl (C=O) groups is 2. The van der Waals surface area contributed by atoms with Crippen molar-refractivity contribution in [1.29, 1.82) is 0 Å². The molecule has 0 aliphatic heterocycles. The normalized spacial score (nSPS) is 14.5. The van der Waals surface area contributed by atoms with Crippen molar-refractivity contribution >= 4 is 12.3 Å². The summed E-state index contributed by atoms with van der Waals surface area (Å²) in [4.78, 5) is 22.7. The summed E-state index contributed by atoms with van der Waals surface area (Å²) in [5.41, 5.74) is -0.143. The first kappa shape index (κ1) is 21.3. The number of allylic oxidation sites excluding steroid dienone is 5. The lowest BCUT2D eigenvalue weighted by Gasteiger charge is -2.33. The zero-order valence-electron chi connectivity index (χ0n) is 14.8. The molecule has 0 rings (SSSR count). The Kier molecular flexibility index (Phi) is 11.0. The van der Waals surface area contributed by atoms with Crippen molar-refractivity contribution in [3.63, 3.8) is 0 Å². The lowest BCUT2D eigenvalue weighted by atomic mass is 9.81. The van der Waals surface area contributed by atoms with Crippen molar-refractivity contribution < 1.29 is 14.7 Å². The number of rotatable bonds is 12. The Morgan fingerprint density at radius 3 is 2.43 bits per heavy atom. The van der Waals surface area contributed by atoms with Crippen molar-refractivity contribution in [2.75, 3.05) is 6.54 Å². The summed E-state index contributed by atoms with van der Waals surface area (Å²) in [7, 11) is 0. The molecule has 0 aromatic carbocycles. The molecule has 0 fully saturated rings. The van der Waals surface area contributed by atoms with Crippen LogP contribution in [0.15, 0.2) is 36.0 Å². The summed E-state index contributed by atoms with van der Waals surface area (Å²) >= 11 is 0. The van der Waals surface area contributed by atoms with Crippen LogP contribution < -0.4 is 5.32 Å². The first-order valence-corrected chi connectivity index (χ1v) is 8.37. The van der Waals surface area contributed by atoms with Gasteiger partial charge in [0.1, 0.15) is 6.29 Å². The number of carboxylic acid groups (broad SMARTS) is 1. The van der Waals surface area contributed by atoms with Gasteiger partial charge in [-0.2, -0.15) is 0 Å². The van der Waals surface area contributed by atoms with Gasteiger partial charge in [0.25, 0.3) is 0 Å². The highest BCUT2D eigenvalue weighted by Crippen LogP contribution is 2.26. The van der Waals surface area contributed by atoms with Gasteiger partial charge in [0, 0.05) is 5.54 Å². The van der Waals surface area contributed by atoms with Crippen LogP contribution in [0.2, 0.25) is 0 Å². The summed E-state index contributed by atoms with van der Waals surface area (Å²) in [5, 5.41) is 13.0. The Labute approximate surface area is 140 Å². The molecular formula is C19H31NO3. The Balaban J connectivity index is 5.28. The second-order valence-corrected chi connectivity index (χ2v) is 6.15. The van der Waals surface area contributed by atoms with Crippen molar-refractivity contribution in [3.05, 3.63) is 36.0 Å². The molecule has 0 radical (unpaired) electrons. The fourth-order valence-corrected chi connectivity index (χ4v) is 2.39. The van der Waals surface area contributed by atoms with E-state index in [1.807, 2.05) is 26.0 Å². The van der Waals surface area contributed by atoms with Crippen LogP contribution in [0.1, 0.15) is 53.4 Å². The second kappa shape index (κ2) is 11.8. The van der Waals surface area contributed by atoms with Gasteiger partial charge in [-0.25, -0.2) is 0 Å². The van der Waals surface area contributed by atoms with E-state index in [4.69, 9.17) is 0 Å². The van der Waals surface area contributed by atoms with Crippen LogP contribution in [0.5, 0.6) is 0 Å². The quantitative estimate of drug-likeness (QED) is 0.248. The van der Waals surface area contributed by atoms with Crippen LogP contribution in [0.25, 0.3) is 0 Å². The number of aliphatic carboxylic acids is 1. The highest BCUT2D eigenvalue weighted by molar-refractivity contribution is 5.79. The molecule has 0 saturated carbocycles. The molecule has 0 saturated heterocycles. The summed E-state index contributed by atoms with van der Waals surface area (Å²) in [6.45, 7) is 8.66. The first-order chi connectivity index (χ1) is 10.9. The Bertz CT molecular complexity index is 448. The highest BCUT2D eigenvalue weighted by atomic mass is 16.4. The highest BCUT2D eigenvalue weighted by Gasteiger charge is 2.36. The molecule has 0 heterocycles. The van der Waals surface area contributed by atoms with E-state index in [1.54, 1.807) is 12.2 Å². The maximum Gasteiger partial charge on any atom is 0.312 e. The number of aldehydes is 1. The van der Waals surface area contributed by atoms with Crippen LogP contribution in [0, 0.1) is 5.92 Å². The molecule has 0 amide bonds. The fourth-order valence-electron chi connectivity index (χ4n) is 2.39. The standard InChI is InChI=1S/C19H31NO3/c1-5-7-9-10-11-12-16(13-15-21)17(18(22)23)19(3,4)20-14-8-6-2/h9-13,15,17,20H,5-8,14H2,1-4H3,(H,22,23)/b10-9-,12-11-,16-13-. The van der Waals surface area contributed by atoms with Gasteiger partial charge in [0.2, 0.25) is 0 Å². The topological polar surface area (TPSA) is 66.4 Å². The average Bonchev–Trinajstić information content (AvgIpc) is 2.46. The van der Waals surface area contributed by atoms with E-state index in [2.05, 4.69) is 19.2 Å². The van der Waals surface area contributed by atoms with E-state index < -0.39 is 17.4 Å². The molecule has 0 aromatic rings. The number of carbonyl (C=O) groups excluding carboxylic acids is 1. The molecule has 0 aliphatic carbocycles. The lowest BCUT2D eigenvalue weighted by Crippen LogP contribution is -2.50. The van der Waals surface area contributed by atoms with Crippen molar-refractivity contribution in [1.82, 2.24) is 5.32 Å². The molecule has 0 spiro atoms. The monoisotopic (exact) mass is 321 g/mol. The van der Waals surface area contributed by atoms with Crippen LogP contribution in [-0.2, 0) is 9.59 Å². The number of unbranched alkanes of at least 4 members (excludes halogenated alkanes) is 2. The van der Waals surface area contributed by atoms with Gasteiger partial charge in [0.15, 0.2) is 0 Å². The minimum atomic E-state index is -0.936. The van der Waals surface area contributed by atoms with Gasteiger partial charge in [0.05, 0.1) is 5.92 Å². The van der Waals surface area contributed by atoms with Gasteiger partial charge >= 0.3 is 5.97 Å². The van der Waals surface area contributed by atoms with Gasteiger partial charge in [-0.15, -0.1) is 0 Å². The maximum absolute atomic E-state index is 11.8. The van der Waals surface area contributed by atoms with Gasteiger partial charge < -0.3 is 10.4 Å². The SMILES string of the molecule is CCC\C=C/C=C\C(=C\C=O)C(C(=O)O)C(C)(C)NCCCC. The summed E-state index contributed by atoms with van der Waals surface area (Å²) in [6, 6.07) is 0. The number of nitrogens with one attached hydrogen (secondary N) is 1. The summed E-state index contributed by atoms with van der Waals surface area (Å²) in [6.07, 6.45) is 13.5. The molecule has 0 bridgehead atoms. The Morgan fingerprint density at radius 2 is 1.91 bits per heavy atom. The second-order valence-electron chi connectivity index (χ2n) is 6.15. The minimum Gasteiger partial charge on any atom is -0.481 e. The van der Waals surface area contributed by atoms with Crippen LogP contribution in [0.3, 0.4) is 0 Å². The molecule has 2 N–H and O–H groups in total. The van der Waals surface area contributed by atoms with Gasteiger partial charge in [-0.05, 0) is 44.9 Å². The molecule has 0 aliphatic rings. The molecule has 4 nitrogen and oxygen atoms in total. The predicted molar refractivity (Wildman–Crippen MR) is 95.5 cm³/mol. The summed E-state index contributed by atoms with van der Waals surface area (Å²) in [5.74, 6) is -1.73. The van der Waals surface area contributed by atoms with E-state index in [1.165, 1.54) is 6.08 Å². The largest absolute Gasteiger partial charge is 0.481 e. The molecule has 1 atom stereocenters. The zero-order chi connectivity index (χ0) is 17.7. The van der Waals surface area contributed by atoms with Crippen molar-refractivity contribution in [2.24, 2.45) is 5.92 Å². The summed E-state index contributed by atoms with van der Waals surface area (Å²) < 4.78 is 0. The molecular weight excluding hydrogens is 290 g/mol. The third-order valence-electron chi connectivity index (χ3n) is 3.66. The van der Waals surface area contributed by atoms with E-state index in [0.29, 0.717) is 11.9 Å². The van der Waals surface area contributed by atoms with E-state index in [0.717, 1.165) is 32.2 Å².